The van der Waals surface area contributed by atoms with E-state index in [2.05, 4.69) is 10.1 Å². The summed E-state index contributed by atoms with van der Waals surface area (Å²) in [5.74, 6) is 0.729. The summed E-state index contributed by atoms with van der Waals surface area (Å²) in [6.45, 7) is 0. The maximum atomic E-state index is 10.6. The van der Waals surface area contributed by atoms with E-state index in [1.165, 1.54) is 6.20 Å². The van der Waals surface area contributed by atoms with Crippen molar-refractivity contribution in [2.45, 2.75) is 0 Å². The van der Waals surface area contributed by atoms with E-state index in [0.717, 1.165) is 12.1 Å². The molecule has 0 spiro atoms. The molecule has 0 bridgehead atoms. The summed E-state index contributed by atoms with van der Waals surface area (Å²) >= 11 is 0. The third-order valence-electron chi connectivity index (χ3n) is 1.81. The molecule has 5 nitrogen and oxygen atoms in total. The van der Waals surface area contributed by atoms with Crippen LogP contribution in [0, 0.1) is 0 Å². The molecular formula is C8H8N4O. The highest BCUT2D eigenvalue weighted by molar-refractivity contribution is 5.79. The SMILES string of the molecule is Cn1ncc(C=O)c1-n1ccnc1. The summed E-state index contributed by atoms with van der Waals surface area (Å²) in [6.07, 6.45) is 7.36. The lowest BCUT2D eigenvalue weighted by Gasteiger charge is -2.02. The number of carbonyl (C=O) groups excluding carboxylic acids is 1. The molecule has 0 aliphatic carbocycles. The second-order valence-electron chi connectivity index (χ2n) is 2.63. The highest BCUT2D eigenvalue weighted by Gasteiger charge is 2.08. The Kier molecular flexibility index (Phi) is 1.70. The molecule has 0 aromatic carbocycles. The van der Waals surface area contributed by atoms with Crippen molar-refractivity contribution >= 4 is 6.29 Å². The van der Waals surface area contributed by atoms with Gasteiger partial charge in [-0.15, -0.1) is 0 Å². The normalized spacial score (nSPS) is 10.2. The molecule has 0 saturated carbocycles. The molecule has 5 heteroatoms. The smallest absolute Gasteiger partial charge is 0.155 e. The first-order valence-electron chi connectivity index (χ1n) is 3.78. The molecule has 13 heavy (non-hydrogen) atoms. The van der Waals surface area contributed by atoms with Gasteiger partial charge in [0.25, 0.3) is 0 Å². The first kappa shape index (κ1) is 7.72. The van der Waals surface area contributed by atoms with Crippen molar-refractivity contribution in [3.8, 4) is 5.82 Å². The van der Waals surface area contributed by atoms with Crippen LogP contribution in [0.3, 0.4) is 0 Å². The summed E-state index contributed by atoms with van der Waals surface area (Å²) in [7, 11) is 1.78. The number of carbonyl (C=O) groups is 1. The fraction of sp³-hybridized carbons (Fsp3) is 0.125. The minimum Gasteiger partial charge on any atom is -0.298 e. The molecule has 0 aliphatic heterocycles. The zero-order valence-electron chi connectivity index (χ0n) is 7.08. The largest absolute Gasteiger partial charge is 0.298 e. The van der Waals surface area contributed by atoms with Crippen LogP contribution in [-0.4, -0.2) is 25.6 Å². The van der Waals surface area contributed by atoms with Crippen LogP contribution in [0.5, 0.6) is 0 Å². The zero-order valence-corrected chi connectivity index (χ0v) is 7.08. The van der Waals surface area contributed by atoms with Crippen molar-refractivity contribution in [2.75, 3.05) is 0 Å². The predicted octanol–water partition coefficient (Wildman–Crippen LogP) is 0.418. The molecular weight excluding hydrogens is 168 g/mol. The summed E-state index contributed by atoms with van der Waals surface area (Å²) in [6, 6.07) is 0. The number of hydrogen-bond donors (Lipinski definition) is 0. The second kappa shape index (κ2) is 2.85. The molecule has 0 saturated heterocycles. The van der Waals surface area contributed by atoms with Gasteiger partial charge in [-0.1, -0.05) is 0 Å². The number of aryl methyl sites for hydroxylation is 1. The molecule has 0 unspecified atom stereocenters. The minimum absolute atomic E-state index is 0.556. The van der Waals surface area contributed by atoms with E-state index in [0.29, 0.717) is 5.56 Å². The summed E-state index contributed by atoms with van der Waals surface area (Å²) < 4.78 is 3.38. The summed E-state index contributed by atoms with van der Waals surface area (Å²) in [5, 5.41) is 3.98. The molecule has 66 valence electrons. The third-order valence-corrected chi connectivity index (χ3v) is 1.81. The molecule has 2 rings (SSSR count). The minimum atomic E-state index is 0.556. The number of imidazole rings is 1. The van der Waals surface area contributed by atoms with Gasteiger partial charge in [0.1, 0.15) is 12.1 Å². The Balaban J connectivity index is 2.62. The van der Waals surface area contributed by atoms with Crippen LogP contribution in [0.1, 0.15) is 10.4 Å². The van der Waals surface area contributed by atoms with E-state index in [-0.39, 0.29) is 0 Å². The van der Waals surface area contributed by atoms with Crippen molar-refractivity contribution in [1.29, 1.82) is 0 Å². The van der Waals surface area contributed by atoms with Gasteiger partial charge in [-0.25, -0.2) is 4.98 Å². The van der Waals surface area contributed by atoms with Gasteiger partial charge < -0.3 is 0 Å². The van der Waals surface area contributed by atoms with Gasteiger partial charge in [0.05, 0.1) is 11.8 Å². The maximum absolute atomic E-state index is 10.6. The summed E-state index contributed by atoms with van der Waals surface area (Å²) in [4.78, 5) is 14.5. The van der Waals surface area contributed by atoms with Crippen molar-refractivity contribution < 1.29 is 4.79 Å². The van der Waals surface area contributed by atoms with Gasteiger partial charge in [0.2, 0.25) is 0 Å². The molecule has 0 radical (unpaired) electrons. The predicted molar refractivity (Wildman–Crippen MR) is 45.7 cm³/mol. The van der Waals surface area contributed by atoms with Crippen LogP contribution in [0.2, 0.25) is 0 Å². The van der Waals surface area contributed by atoms with Crippen LogP contribution in [0.15, 0.2) is 24.9 Å². The van der Waals surface area contributed by atoms with Crippen LogP contribution >= 0.6 is 0 Å². The maximum Gasteiger partial charge on any atom is 0.155 e. The molecule has 2 aromatic heterocycles. The van der Waals surface area contributed by atoms with E-state index >= 15 is 0 Å². The Morgan fingerprint density at radius 1 is 1.54 bits per heavy atom. The van der Waals surface area contributed by atoms with Crippen LogP contribution in [-0.2, 0) is 7.05 Å². The molecule has 2 heterocycles. The Labute approximate surface area is 74.6 Å². The van der Waals surface area contributed by atoms with Crippen LogP contribution < -0.4 is 0 Å². The molecule has 0 atom stereocenters. The van der Waals surface area contributed by atoms with Crippen molar-refractivity contribution in [3.05, 3.63) is 30.5 Å². The first-order valence-corrected chi connectivity index (χ1v) is 3.78. The van der Waals surface area contributed by atoms with E-state index in [1.807, 2.05) is 0 Å². The highest BCUT2D eigenvalue weighted by atomic mass is 16.1. The number of aromatic nitrogens is 4. The van der Waals surface area contributed by atoms with Gasteiger partial charge in [0.15, 0.2) is 6.29 Å². The second-order valence-corrected chi connectivity index (χ2v) is 2.63. The Morgan fingerprint density at radius 2 is 2.38 bits per heavy atom. The van der Waals surface area contributed by atoms with Crippen LogP contribution in [0.4, 0.5) is 0 Å². The number of nitrogens with zero attached hydrogens (tertiary/aromatic N) is 4. The Hall–Kier alpha value is -1.91. The third kappa shape index (κ3) is 1.14. The highest BCUT2D eigenvalue weighted by Crippen LogP contribution is 2.09. The average molecular weight is 176 g/mol. The molecule has 0 fully saturated rings. The Morgan fingerprint density at radius 3 is 3.00 bits per heavy atom. The lowest BCUT2D eigenvalue weighted by Crippen LogP contribution is -2.02. The van der Waals surface area contributed by atoms with Gasteiger partial charge in [0, 0.05) is 19.4 Å². The van der Waals surface area contributed by atoms with Gasteiger partial charge in [-0.3, -0.25) is 14.0 Å². The molecule has 0 amide bonds. The summed E-state index contributed by atoms with van der Waals surface area (Å²) in [5.41, 5.74) is 0.556. The fourth-order valence-electron chi connectivity index (χ4n) is 1.23. The van der Waals surface area contributed by atoms with E-state index < -0.39 is 0 Å². The van der Waals surface area contributed by atoms with Gasteiger partial charge in [-0.2, -0.15) is 5.10 Å². The van der Waals surface area contributed by atoms with E-state index in [4.69, 9.17) is 0 Å². The van der Waals surface area contributed by atoms with Crippen molar-refractivity contribution in [3.63, 3.8) is 0 Å². The topological polar surface area (TPSA) is 52.7 Å². The lowest BCUT2D eigenvalue weighted by atomic mass is 10.3. The monoisotopic (exact) mass is 176 g/mol. The molecule has 0 N–H and O–H groups in total. The fourth-order valence-corrected chi connectivity index (χ4v) is 1.23. The van der Waals surface area contributed by atoms with Gasteiger partial charge in [-0.05, 0) is 0 Å². The van der Waals surface area contributed by atoms with Crippen molar-refractivity contribution in [2.24, 2.45) is 7.05 Å². The van der Waals surface area contributed by atoms with E-state index in [1.54, 1.807) is 35.0 Å². The molecule has 0 aliphatic rings. The standard InChI is InChI=1S/C8H8N4O/c1-11-8(7(5-13)4-10-11)12-3-2-9-6-12/h2-6H,1H3. The number of aldehydes is 1. The first-order chi connectivity index (χ1) is 6.33. The molecule has 2 aromatic rings. The van der Waals surface area contributed by atoms with Gasteiger partial charge >= 0.3 is 0 Å². The lowest BCUT2D eigenvalue weighted by molar-refractivity contribution is 0.112. The van der Waals surface area contributed by atoms with Crippen LogP contribution in [0.25, 0.3) is 5.82 Å². The average Bonchev–Trinajstić information content (AvgIpc) is 2.72. The van der Waals surface area contributed by atoms with E-state index in [9.17, 15) is 4.79 Å². The zero-order chi connectivity index (χ0) is 9.26. The van der Waals surface area contributed by atoms with Crippen molar-refractivity contribution in [1.82, 2.24) is 19.3 Å². The number of hydrogen-bond acceptors (Lipinski definition) is 3. The Bertz CT molecular complexity index is 415. The number of rotatable bonds is 2. The quantitative estimate of drug-likeness (QED) is 0.623.